The van der Waals surface area contributed by atoms with Crippen LogP contribution in [0.4, 0.5) is 0 Å². The van der Waals surface area contributed by atoms with Gasteiger partial charge < -0.3 is 15.3 Å². The van der Waals surface area contributed by atoms with Crippen molar-refractivity contribution in [3.63, 3.8) is 0 Å². The van der Waals surface area contributed by atoms with Gasteiger partial charge in [-0.1, -0.05) is 25.1 Å². The lowest BCUT2D eigenvalue weighted by atomic mass is 9.99. The van der Waals surface area contributed by atoms with Gasteiger partial charge in [0, 0.05) is 11.1 Å². The van der Waals surface area contributed by atoms with Crippen molar-refractivity contribution < 1.29 is 15.3 Å². The fourth-order valence-electron chi connectivity index (χ4n) is 1.83. The second kappa shape index (κ2) is 4.37. The third-order valence-corrected chi connectivity index (χ3v) is 2.77. The van der Waals surface area contributed by atoms with Crippen molar-refractivity contribution in [2.75, 3.05) is 0 Å². The monoisotopic (exact) mass is 230 g/mol. The highest BCUT2D eigenvalue weighted by Crippen LogP contribution is 2.38. The molecule has 88 valence electrons. The van der Waals surface area contributed by atoms with Crippen molar-refractivity contribution in [2.45, 2.75) is 13.3 Å². The van der Waals surface area contributed by atoms with Crippen LogP contribution in [0, 0.1) is 0 Å². The SMILES string of the molecule is CCc1cccc(-c2cc(O)ccc2O)c1O. The number of phenols is 3. The van der Waals surface area contributed by atoms with Gasteiger partial charge in [0.05, 0.1) is 0 Å². The molecule has 0 unspecified atom stereocenters. The van der Waals surface area contributed by atoms with Crippen LogP contribution in [-0.4, -0.2) is 15.3 Å². The summed E-state index contributed by atoms with van der Waals surface area (Å²) < 4.78 is 0. The lowest BCUT2D eigenvalue weighted by molar-refractivity contribution is 0.458. The maximum atomic E-state index is 10.1. The van der Waals surface area contributed by atoms with Gasteiger partial charge in [0.15, 0.2) is 0 Å². The summed E-state index contributed by atoms with van der Waals surface area (Å²) in [6, 6.07) is 9.60. The molecule has 0 atom stereocenters. The molecule has 0 saturated carbocycles. The maximum Gasteiger partial charge on any atom is 0.126 e. The number of hydrogen-bond acceptors (Lipinski definition) is 3. The van der Waals surface area contributed by atoms with Gasteiger partial charge in [-0.05, 0) is 30.2 Å². The van der Waals surface area contributed by atoms with Crippen molar-refractivity contribution in [1.82, 2.24) is 0 Å². The first kappa shape index (κ1) is 11.3. The Kier molecular flexibility index (Phi) is 2.91. The number of aromatic hydroxyl groups is 3. The lowest BCUT2D eigenvalue weighted by Crippen LogP contribution is -1.86. The minimum Gasteiger partial charge on any atom is -0.508 e. The molecule has 0 aliphatic heterocycles. The first-order valence-electron chi connectivity index (χ1n) is 5.46. The van der Waals surface area contributed by atoms with E-state index in [1.54, 1.807) is 6.07 Å². The van der Waals surface area contributed by atoms with Gasteiger partial charge in [-0.3, -0.25) is 0 Å². The zero-order chi connectivity index (χ0) is 12.4. The number of benzene rings is 2. The van der Waals surface area contributed by atoms with Gasteiger partial charge in [-0.2, -0.15) is 0 Å². The summed E-state index contributed by atoms with van der Waals surface area (Å²) in [4.78, 5) is 0. The minimum absolute atomic E-state index is 0.0337. The van der Waals surface area contributed by atoms with Crippen LogP contribution in [0.1, 0.15) is 12.5 Å². The molecule has 0 heterocycles. The Morgan fingerprint density at radius 3 is 2.41 bits per heavy atom. The average Bonchev–Trinajstić information content (AvgIpc) is 2.33. The van der Waals surface area contributed by atoms with E-state index in [0.29, 0.717) is 17.5 Å². The summed E-state index contributed by atoms with van der Waals surface area (Å²) in [6.45, 7) is 1.95. The molecule has 17 heavy (non-hydrogen) atoms. The topological polar surface area (TPSA) is 60.7 Å². The molecular weight excluding hydrogens is 216 g/mol. The number of aryl methyl sites for hydroxylation is 1. The quantitative estimate of drug-likeness (QED) is 0.695. The van der Waals surface area contributed by atoms with Crippen molar-refractivity contribution in [1.29, 1.82) is 0 Å². The number of hydrogen-bond donors (Lipinski definition) is 3. The Labute approximate surface area is 99.6 Å². The molecule has 0 aromatic heterocycles. The predicted molar refractivity (Wildman–Crippen MR) is 66.3 cm³/mol. The zero-order valence-electron chi connectivity index (χ0n) is 9.51. The molecule has 2 aromatic carbocycles. The van der Waals surface area contributed by atoms with Crippen molar-refractivity contribution in [3.05, 3.63) is 42.0 Å². The molecule has 0 amide bonds. The van der Waals surface area contributed by atoms with Gasteiger partial charge in [-0.25, -0.2) is 0 Å². The van der Waals surface area contributed by atoms with E-state index in [0.717, 1.165) is 5.56 Å². The summed E-state index contributed by atoms with van der Waals surface area (Å²) in [5.74, 6) is 0.237. The van der Waals surface area contributed by atoms with Crippen LogP contribution in [0.25, 0.3) is 11.1 Å². The summed E-state index contributed by atoms with van der Waals surface area (Å²) in [7, 11) is 0. The fraction of sp³-hybridized carbons (Fsp3) is 0.143. The number of rotatable bonds is 2. The summed E-state index contributed by atoms with van der Waals surface area (Å²) >= 11 is 0. The average molecular weight is 230 g/mol. The fourth-order valence-corrected chi connectivity index (χ4v) is 1.83. The molecule has 0 spiro atoms. The standard InChI is InChI=1S/C14H14O3/c1-2-9-4-3-5-11(14(9)17)12-8-10(15)6-7-13(12)16/h3-8,15-17H,2H2,1H3. The minimum atomic E-state index is 0.0337. The number of para-hydroxylation sites is 1. The van der Waals surface area contributed by atoms with E-state index in [-0.39, 0.29) is 17.2 Å². The third kappa shape index (κ3) is 2.04. The Morgan fingerprint density at radius 1 is 0.941 bits per heavy atom. The molecule has 3 heteroatoms. The van der Waals surface area contributed by atoms with Crippen LogP contribution < -0.4 is 0 Å². The molecular formula is C14H14O3. The number of phenolic OH excluding ortho intramolecular Hbond substituents is 3. The van der Waals surface area contributed by atoms with Crippen LogP contribution in [-0.2, 0) is 6.42 Å². The van der Waals surface area contributed by atoms with Gasteiger partial charge in [-0.15, -0.1) is 0 Å². The largest absolute Gasteiger partial charge is 0.508 e. The first-order chi connectivity index (χ1) is 8.13. The molecule has 3 N–H and O–H groups in total. The molecule has 0 bridgehead atoms. The smallest absolute Gasteiger partial charge is 0.126 e. The van der Waals surface area contributed by atoms with Crippen molar-refractivity contribution >= 4 is 0 Å². The van der Waals surface area contributed by atoms with E-state index in [1.807, 2.05) is 19.1 Å². The normalized spacial score (nSPS) is 10.4. The van der Waals surface area contributed by atoms with Gasteiger partial charge >= 0.3 is 0 Å². The van der Waals surface area contributed by atoms with E-state index < -0.39 is 0 Å². The summed E-state index contributed by atoms with van der Waals surface area (Å²) in [5, 5.41) is 29.2. The highest BCUT2D eigenvalue weighted by atomic mass is 16.3. The molecule has 0 radical (unpaired) electrons. The van der Waals surface area contributed by atoms with Gasteiger partial charge in [0.1, 0.15) is 17.2 Å². The molecule has 2 rings (SSSR count). The van der Waals surface area contributed by atoms with Crippen LogP contribution in [0.15, 0.2) is 36.4 Å². The van der Waals surface area contributed by atoms with Gasteiger partial charge in [0.25, 0.3) is 0 Å². The molecule has 0 aliphatic rings. The lowest BCUT2D eigenvalue weighted by Gasteiger charge is -2.10. The summed E-state index contributed by atoms with van der Waals surface area (Å²) in [5.41, 5.74) is 1.76. The highest BCUT2D eigenvalue weighted by Gasteiger charge is 2.11. The molecule has 0 saturated heterocycles. The predicted octanol–water partition coefficient (Wildman–Crippen LogP) is 3.03. The van der Waals surface area contributed by atoms with Crippen LogP contribution >= 0.6 is 0 Å². The van der Waals surface area contributed by atoms with E-state index in [2.05, 4.69) is 0 Å². The Hall–Kier alpha value is -2.16. The van der Waals surface area contributed by atoms with Gasteiger partial charge in [0.2, 0.25) is 0 Å². The van der Waals surface area contributed by atoms with E-state index in [1.165, 1.54) is 18.2 Å². The Bertz CT molecular complexity index is 547. The maximum absolute atomic E-state index is 10.1. The van der Waals surface area contributed by atoms with Crippen LogP contribution in [0.2, 0.25) is 0 Å². The van der Waals surface area contributed by atoms with Crippen molar-refractivity contribution in [2.24, 2.45) is 0 Å². The van der Waals surface area contributed by atoms with Crippen LogP contribution in [0.5, 0.6) is 17.2 Å². The highest BCUT2D eigenvalue weighted by molar-refractivity contribution is 5.77. The molecule has 2 aromatic rings. The first-order valence-corrected chi connectivity index (χ1v) is 5.46. The molecule has 0 aliphatic carbocycles. The Morgan fingerprint density at radius 2 is 1.71 bits per heavy atom. The summed E-state index contributed by atoms with van der Waals surface area (Å²) in [6.07, 6.45) is 0.708. The zero-order valence-corrected chi connectivity index (χ0v) is 9.51. The second-order valence-corrected chi connectivity index (χ2v) is 3.87. The third-order valence-electron chi connectivity index (χ3n) is 2.77. The van der Waals surface area contributed by atoms with Crippen LogP contribution in [0.3, 0.4) is 0 Å². The van der Waals surface area contributed by atoms with E-state index in [4.69, 9.17) is 0 Å². The Balaban J connectivity index is 2.64. The molecule has 3 nitrogen and oxygen atoms in total. The second-order valence-electron chi connectivity index (χ2n) is 3.87. The van der Waals surface area contributed by atoms with E-state index in [9.17, 15) is 15.3 Å². The molecule has 0 fully saturated rings. The van der Waals surface area contributed by atoms with E-state index >= 15 is 0 Å². The van der Waals surface area contributed by atoms with Crippen molar-refractivity contribution in [3.8, 4) is 28.4 Å².